The van der Waals surface area contributed by atoms with Gasteiger partial charge in [0, 0.05) is 43.9 Å². The molecule has 1 atom stereocenters. The van der Waals surface area contributed by atoms with E-state index in [1.807, 2.05) is 24.5 Å². The van der Waals surface area contributed by atoms with Crippen molar-refractivity contribution in [3.63, 3.8) is 0 Å². The molecule has 3 aromatic rings. The van der Waals surface area contributed by atoms with Gasteiger partial charge in [-0.25, -0.2) is 23.1 Å². The van der Waals surface area contributed by atoms with E-state index >= 15 is 0 Å². The minimum absolute atomic E-state index is 0.0299. The van der Waals surface area contributed by atoms with Crippen LogP contribution in [0.15, 0.2) is 53.9 Å². The Bertz CT molecular complexity index is 1140. The first-order valence-corrected chi connectivity index (χ1v) is 14.9. The molecule has 1 aliphatic carbocycles. The van der Waals surface area contributed by atoms with Crippen molar-refractivity contribution in [3.8, 4) is 0 Å². The highest BCUT2D eigenvalue weighted by Gasteiger charge is 2.21. The summed E-state index contributed by atoms with van der Waals surface area (Å²) in [6, 6.07) is 7.88. The third-order valence-corrected chi connectivity index (χ3v) is 8.89. The molecule has 1 fully saturated rings. The summed E-state index contributed by atoms with van der Waals surface area (Å²) in [6.07, 6.45) is 15.6. The first kappa shape index (κ1) is 27.5. The molecule has 3 N–H and O–H groups in total. The van der Waals surface area contributed by atoms with E-state index in [0.717, 1.165) is 36.6 Å². The Hall–Kier alpha value is -2.53. The quantitative estimate of drug-likeness (QED) is 0.271. The SMILES string of the molecule is CC(c1ncc[nH]1)N(Cc1ccc(S(=O)(=O)NCCCCN(C)C2CCCCC2)cc1)Cc1ncc[nH]1. The molecule has 0 aliphatic heterocycles. The van der Waals surface area contributed by atoms with E-state index in [9.17, 15) is 8.42 Å². The highest BCUT2D eigenvalue weighted by Crippen LogP contribution is 2.23. The molecular formula is C27H41N7O2S. The molecule has 202 valence electrons. The molecule has 10 heteroatoms. The molecule has 4 rings (SSSR count). The van der Waals surface area contributed by atoms with Crippen LogP contribution in [0.5, 0.6) is 0 Å². The molecule has 0 amide bonds. The van der Waals surface area contributed by atoms with Crippen LogP contribution in [0, 0.1) is 0 Å². The molecule has 2 heterocycles. The van der Waals surface area contributed by atoms with Crippen LogP contribution in [0.25, 0.3) is 0 Å². The van der Waals surface area contributed by atoms with Gasteiger partial charge < -0.3 is 14.9 Å². The molecule has 1 aromatic carbocycles. The summed E-state index contributed by atoms with van der Waals surface area (Å²) in [5.74, 6) is 1.74. The maximum atomic E-state index is 12.8. The molecular weight excluding hydrogens is 486 g/mol. The molecule has 1 unspecified atom stereocenters. The van der Waals surface area contributed by atoms with Crippen molar-refractivity contribution in [1.82, 2.24) is 34.5 Å². The van der Waals surface area contributed by atoms with Crippen LogP contribution >= 0.6 is 0 Å². The van der Waals surface area contributed by atoms with Gasteiger partial charge in [0.1, 0.15) is 11.6 Å². The normalized spacial score (nSPS) is 16.0. The van der Waals surface area contributed by atoms with Crippen LogP contribution in [0.2, 0.25) is 0 Å². The molecule has 0 spiro atoms. The maximum absolute atomic E-state index is 12.8. The molecule has 9 nitrogen and oxygen atoms in total. The summed E-state index contributed by atoms with van der Waals surface area (Å²) in [7, 11) is -1.33. The molecule has 0 saturated heterocycles. The van der Waals surface area contributed by atoms with Gasteiger partial charge in [0.2, 0.25) is 10.0 Å². The average Bonchev–Trinajstić information content (AvgIpc) is 3.63. The second-order valence-electron chi connectivity index (χ2n) is 10.1. The van der Waals surface area contributed by atoms with Crippen molar-refractivity contribution in [2.24, 2.45) is 0 Å². The monoisotopic (exact) mass is 527 g/mol. The van der Waals surface area contributed by atoms with Crippen molar-refractivity contribution in [2.45, 2.75) is 81.9 Å². The van der Waals surface area contributed by atoms with Crippen LogP contribution in [-0.2, 0) is 23.1 Å². The van der Waals surface area contributed by atoms with Crippen molar-refractivity contribution >= 4 is 10.0 Å². The number of rotatable bonds is 14. The van der Waals surface area contributed by atoms with Crippen molar-refractivity contribution in [1.29, 1.82) is 0 Å². The average molecular weight is 528 g/mol. The minimum Gasteiger partial charge on any atom is -0.348 e. The minimum atomic E-state index is -3.53. The van der Waals surface area contributed by atoms with Gasteiger partial charge in [-0.15, -0.1) is 0 Å². The lowest BCUT2D eigenvalue weighted by molar-refractivity contribution is 0.181. The lowest BCUT2D eigenvalue weighted by atomic mass is 9.94. The molecule has 37 heavy (non-hydrogen) atoms. The second kappa shape index (κ2) is 13.3. The second-order valence-corrected chi connectivity index (χ2v) is 11.9. The summed E-state index contributed by atoms with van der Waals surface area (Å²) in [4.78, 5) is 20.1. The Morgan fingerprint density at radius 1 is 1.00 bits per heavy atom. The van der Waals surface area contributed by atoms with Gasteiger partial charge in [0.25, 0.3) is 0 Å². The van der Waals surface area contributed by atoms with Gasteiger partial charge in [-0.2, -0.15) is 0 Å². The number of aromatic amines is 2. The third kappa shape index (κ3) is 7.98. The number of aromatic nitrogens is 4. The zero-order chi connectivity index (χ0) is 26.1. The summed E-state index contributed by atoms with van der Waals surface area (Å²) < 4.78 is 28.4. The maximum Gasteiger partial charge on any atom is 0.240 e. The smallest absolute Gasteiger partial charge is 0.240 e. The van der Waals surface area contributed by atoms with Gasteiger partial charge in [-0.1, -0.05) is 31.4 Å². The van der Waals surface area contributed by atoms with Gasteiger partial charge >= 0.3 is 0 Å². The predicted octanol–water partition coefficient (Wildman–Crippen LogP) is 4.22. The molecule has 2 aromatic heterocycles. The Balaban J connectivity index is 1.28. The summed E-state index contributed by atoms with van der Waals surface area (Å²) in [5.41, 5.74) is 1.02. The van der Waals surface area contributed by atoms with Gasteiger partial charge in [-0.3, -0.25) is 4.90 Å². The number of hydrogen-bond donors (Lipinski definition) is 3. The number of unbranched alkanes of at least 4 members (excludes halogenated alkanes) is 1. The number of imidazole rings is 2. The lowest BCUT2D eigenvalue weighted by Gasteiger charge is -2.31. The predicted molar refractivity (Wildman–Crippen MR) is 145 cm³/mol. The summed E-state index contributed by atoms with van der Waals surface area (Å²) in [5, 5.41) is 0. The number of sulfonamides is 1. The fourth-order valence-electron chi connectivity index (χ4n) is 5.07. The number of H-pyrrole nitrogens is 2. The Kier molecular flexibility index (Phi) is 9.90. The summed E-state index contributed by atoms with van der Waals surface area (Å²) >= 11 is 0. The molecule has 1 saturated carbocycles. The Morgan fingerprint density at radius 3 is 2.41 bits per heavy atom. The van der Waals surface area contributed by atoms with E-state index in [4.69, 9.17) is 0 Å². The van der Waals surface area contributed by atoms with Gasteiger partial charge in [-0.05, 0) is 63.9 Å². The van der Waals surface area contributed by atoms with Gasteiger partial charge in [0.05, 0.1) is 17.5 Å². The van der Waals surface area contributed by atoms with E-state index in [0.29, 0.717) is 30.6 Å². The van der Waals surface area contributed by atoms with Crippen LogP contribution in [0.3, 0.4) is 0 Å². The zero-order valence-corrected chi connectivity index (χ0v) is 22.9. The van der Waals surface area contributed by atoms with E-state index in [1.165, 1.54) is 32.1 Å². The fourth-order valence-corrected chi connectivity index (χ4v) is 6.15. The van der Waals surface area contributed by atoms with E-state index in [-0.39, 0.29) is 6.04 Å². The number of nitrogens with zero attached hydrogens (tertiary/aromatic N) is 4. The van der Waals surface area contributed by atoms with Crippen molar-refractivity contribution in [2.75, 3.05) is 20.1 Å². The number of nitrogens with one attached hydrogen (secondary N) is 3. The van der Waals surface area contributed by atoms with Crippen molar-refractivity contribution < 1.29 is 8.42 Å². The summed E-state index contributed by atoms with van der Waals surface area (Å²) in [6.45, 7) is 4.82. The van der Waals surface area contributed by atoms with Crippen LogP contribution in [0.1, 0.15) is 75.1 Å². The number of hydrogen-bond acceptors (Lipinski definition) is 6. The Morgan fingerprint density at radius 2 is 1.73 bits per heavy atom. The van der Waals surface area contributed by atoms with E-state index in [2.05, 4.69) is 48.4 Å². The van der Waals surface area contributed by atoms with Crippen LogP contribution < -0.4 is 4.72 Å². The first-order valence-electron chi connectivity index (χ1n) is 13.4. The number of benzene rings is 1. The first-order chi connectivity index (χ1) is 17.9. The van der Waals surface area contributed by atoms with Gasteiger partial charge in [0.15, 0.2) is 0 Å². The van der Waals surface area contributed by atoms with Crippen molar-refractivity contribution in [3.05, 3.63) is 66.3 Å². The topological polar surface area (TPSA) is 110 Å². The van der Waals surface area contributed by atoms with Crippen LogP contribution in [-0.4, -0.2) is 64.3 Å². The molecule has 0 radical (unpaired) electrons. The fraction of sp³-hybridized carbons (Fsp3) is 0.556. The lowest BCUT2D eigenvalue weighted by Crippen LogP contribution is -2.34. The molecule has 1 aliphatic rings. The largest absolute Gasteiger partial charge is 0.348 e. The standard InChI is InChI=1S/C27H41N7O2S/c1-22(27-30-17-18-31-27)34(21-26-28-15-16-29-26)20-23-10-12-25(13-11-23)37(35,36)32-14-6-7-19-33(2)24-8-4-3-5-9-24/h10-13,15-18,22,24,32H,3-9,14,19-21H2,1-2H3,(H,28,29)(H,30,31). The Labute approximate surface area is 221 Å². The third-order valence-electron chi connectivity index (χ3n) is 7.42. The van der Waals surface area contributed by atoms with E-state index < -0.39 is 10.0 Å². The van der Waals surface area contributed by atoms with E-state index in [1.54, 1.807) is 24.5 Å². The highest BCUT2D eigenvalue weighted by molar-refractivity contribution is 7.89. The highest BCUT2D eigenvalue weighted by atomic mass is 32.2. The molecule has 0 bridgehead atoms. The zero-order valence-electron chi connectivity index (χ0n) is 22.1. The van der Waals surface area contributed by atoms with Crippen LogP contribution in [0.4, 0.5) is 0 Å².